The van der Waals surface area contributed by atoms with Crippen molar-refractivity contribution in [1.29, 1.82) is 0 Å². The van der Waals surface area contributed by atoms with Crippen LogP contribution in [0.1, 0.15) is 12.7 Å². The molecule has 0 aliphatic rings. The molecule has 1 heterocycles. The van der Waals surface area contributed by atoms with Crippen LogP contribution in [-0.2, 0) is 13.5 Å². The van der Waals surface area contributed by atoms with E-state index in [0.717, 1.165) is 34.1 Å². The summed E-state index contributed by atoms with van der Waals surface area (Å²) < 4.78 is 2.11. The molecule has 86 valence electrons. The van der Waals surface area contributed by atoms with Crippen molar-refractivity contribution in [2.24, 2.45) is 7.05 Å². The van der Waals surface area contributed by atoms with Crippen LogP contribution in [0.15, 0.2) is 30.3 Å². The third-order valence-electron chi connectivity index (χ3n) is 3.26. The van der Waals surface area contributed by atoms with E-state index in [1.165, 1.54) is 0 Å². The molecule has 3 rings (SSSR count). The first-order valence-electron chi connectivity index (χ1n) is 5.78. The minimum atomic E-state index is 0.300. The van der Waals surface area contributed by atoms with E-state index >= 15 is 0 Å². The fourth-order valence-electron chi connectivity index (χ4n) is 2.42. The maximum Gasteiger partial charge on any atom is 0.125 e. The monoisotopic (exact) mass is 226 g/mol. The molecule has 1 N–H and O–H groups in total. The van der Waals surface area contributed by atoms with Crippen LogP contribution in [-0.4, -0.2) is 14.7 Å². The van der Waals surface area contributed by atoms with Crippen LogP contribution < -0.4 is 0 Å². The highest BCUT2D eigenvalue weighted by Gasteiger charge is 2.12. The summed E-state index contributed by atoms with van der Waals surface area (Å²) >= 11 is 0. The van der Waals surface area contributed by atoms with Gasteiger partial charge in [0.15, 0.2) is 0 Å². The fraction of sp³-hybridized carbons (Fsp3) is 0.214. The molecule has 0 radical (unpaired) electrons. The summed E-state index contributed by atoms with van der Waals surface area (Å²) in [6, 6.07) is 9.63. The summed E-state index contributed by atoms with van der Waals surface area (Å²) in [6.07, 6.45) is 0.889. The van der Waals surface area contributed by atoms with Gasteiger partial charge in [-0.05, 0) is 0 Å². The van der Waals surface area contributed by atoms with Crippen molar-refractivity contribution in [3.8, 4) is 5.75 Å². The molecule has 0 amide bonds. The molecule has 1 aromatic heterocycles. The zero-order valence-corrected chi connectivity index (χ0v) is 9.94. The van der Waals surface area contributed by atoms with Crippen molar-refractivity contribution in [2.75, 3.05) is 0 Å². The predicted octanol–water partition coefficient (Wildman–Crippen LogP) is 2.99. The second-order valence-corrected chi connectivity index (χ2v) is 4.25. The minimum absolute atomic E-state index is 0.300. The van der Waals surface area contributed by atoms with Crippen molar-refractivity contribution in [1.82, 2.24) is 9.55 Å². The Morgan fingerprint density at radius 3 is 2.65 bits per heavy atom. The Morgan fingerprint density at radius 2 is 1.94 bits per heavy atom. The van der Waals surface area contributed by atoms with Crippen molar-refractivity contribution in [3.05, 3.63) is 36.2 Å². The Bertz CT molecular complexity index is 713. The lowest BCUT2D eigenvalue weighted by molar-refractivity contribution is 0.482. The van der Waals surface area contributed by atoms with Crippen LogP contribution in [0.4, 0.5) is 0 Å². The average molecular weight is 226 g/mol. The van der Waals surface area contributed by atoms with Crippen molar-refractivity contribution in [3.63, 3.8) is 0 Å². The first kappa shape index (κ1) is 10.1. The van der Waals surface area contributed by atoms with Gasteiger partial charge in [-0.3, -0.25) is 0 Å². The summed E-state index contributed by atoms with van der Waals surface area (Å²) in [5.74, 6) is 1.34. The molecule has 0 saturated carbocycles. The molecule has 3 aromatic rings. The van der Waals surface area contributed by atoms with Gasteiger partial charge in [-0.25, -0.2) is 4.98 Å². The Morgan fingerprint density at radius 1 is 1.24 bits per heavy atom. The van der Waals surface area contributed by atoms with Crippen LogP contribution in [0.2, 0.25) is 0 Å². The van der Waals surface area contributed by atoms with Gasteiger partial charge in [0.05, 0.1) is 11.0 Å². The molecule has 0 fully saturated rings. The number of phenols is 1. The van der Waals surface area contributed by atoms with Crippen LogP contribution in [0.5, 0.6) is 5.75 Å². The largest absolute Gasteiger partial charge is 0.507 e. The molecule has 0 bridgehead atoms. The van der Waals surface area contributed by atoms with E-state index in [1.54, 1.807) is 6.07 Å². The lowest BCUT2D eigenvalue weighted by Crippen LogP contribution is -1.95. The number of aryl methyl sites for hydroxylation is 2. The van der Waals surface area contributed by atoms with Crippen molar-refractivity contribution >= 4 is 21.8 Å². The summed E-state index contributed by atoms with van der Waals surface area (Å²) in [4.78, 5) is 4.54. The van der Waals surface area contributed by atoms with E-state index in [4.69, 9.17) is 0 Å². The molecule has 0 aliphatic heterocycles. The van der Waals surface area contributed by atoms with E-state index in [9.17, 15) is 5.11 Å². The lowest BCUT2D eigenvalue weighted by atomic mass is 10.1. The number of hydrogen-bond donors (Lipinski definition) is 1. The molecule has 0 atom stereocenters. The molecular formula is C14H14N2O. The van der Waals surface area contributed by atoms with E-state index in [1.807, 2.05) is 31.3 Å². The van der Waals surface area contributed by atoms with E-state index in [2.05, 4.69) is 16.5 Å². The fourth-order valence-corrected chi connectivity index (χ4v) is 2.42. The third-order valence-corrected chi connectivity index (χ3v) is 3.26. The third kappa shape index (κ3) is 1.32. The van der Waals surface area contributed by atoms with Crippen LogP contribution in [0.3, 0.4) is 0 Å². The number of phenolic OH excluding ortho intramolecular Hbond substituents is 1. The number of rotatable bonds is 1. The lowest BCUT2D eigenvalue weighted by Gasteiger charge is -2.04. The van der Waals surface area contributed by atoms with Gasteiger partial charge in [-0.15, -0.1) is 0 Å². The van der Waals surface area contributed by atoms with Gasteiger partial charge < -0.3 is 9.67 Å². The van der Waals surface area contributed by atoms with Gasteiger partial charge in [-0.2, -0.15) is 0 Å². The second-order valence-electron chi connectivity index (χ2n) is 4.25. The van der Waals surface area contributed by atoms with Crippen LogP contribution >= 0.6 is 0 Å². The van der Waals surface area contributed by atoms with Gasteiger partial charge in [0.25, 0.3) is 0 Å². The predicted molar refractivity (Wildman–Crippen MR) is 69.3 cm³/mol. The van der Waals surface area contributed by atoms with Gasteiger partial charge in [0.1, 0.15) is 11.6 Å². The first-order valence-corrected chi connectivity index (χ1v) is 5.78. The van der Waals surface area contributed by atoms with Crippen molar-refractivity contribution < 1.29 is 5.11 Å². The maximum atomic E-state index is 9.99. The minimum Gasteiger partial charge on any atom is -0.507 e. The average Bonchev–Trinajstić information content (AvgIpc) is 2.66. The number of hydrogen-bond acceptors (Lipinski definition) is 2. The second kappa shape index (κ2) is 3.48. The van der Waals surface area contributed by atoms with Crippen molar-refractivity contribution in [2.45, 2.75) is 13.3 Å². The topological polar surface area (TPSA) is 38.1 Å². The van der Waals surface area contributed by atoms with E-state index in [-0.39, 0.29) is 0 Å². The summed E-state index contributed by atoms with van der Waals surface area (Å²) in [5, 5.41) is 11.9. The van der Waals surface area contributed by atoms with Crippen LogP contribution in [0.25, 0.3) is 21.8 Å². The highest BCUT2D eigenvalue weighted by molar-refractivity contribution is 6.07. The quantitative estimate of drug-likeness (QED) is 0.692. The van der Waals surface area contributed by atoms with Gasteiger partial charge in [0, 0.05) is 30.3 Å². The molecule has 2 aromatic carbocycles. The molecule has 17 heavy (non-hydrogen) atoms. The first-order chi connectivity index (χ1) is 8.22. The number of aromatic nitrogens is 2. The molecule has 0 spiro atoms. The van der Waals surface area contributed by atoms with Gasteiger partial charge in [-0.1, -0.05) is 31.2 Å². The van der Waals surface area contributed by atoms with E-state index < -0.39 is 0 Å². The molecule has 0 unspecified atom stereocenters. The molecule has 3 heteroatoms. The number of aromatic hydroxyl groups is 1. The Labute approximate surface area is 99.3 Å². The molecule has 3 nitrogen and oxygen atoms in total. The Balaban J connectivity index is 2.57. The number of fused-ring (bicyclic) bond motifs is 3. The van der Waals surface area contributed by atoms with Gasteiger partial charge in [0.2, 0.25) is 0 Å². The smallest absolute Gasteiger partial charge is 0.125 e. The normalized spacial score (nSPS) is 11.4. The van der Waals surface area contributed by atoms with E-state index in [0.29, 0.717) is 5.75 Å². The maximum absolute atomic E-state index is 9.99. The number of imidazole rings is 1. The standard InChI is InChI=1S/C14H14N2O/c1-3-13-15-11-8-12(17)9-6-4-5-7-10(9)14(11)16(13)2/h4-8,17H,3H2,1-2H3. The Kier molecular flexibility index (Phi) is 2.08. The summed E-state index contributed by atoms with van der Waals surface area (Å²) in [5.41, 5.74) is 1.95. The zero-order chi connectivity index (χ0) is 12.0. The number of benzene rings is 2. The van der Waals surface area contributed by atoms with Crippen LogP contribution in [0, 0.1) is 0 Å². The molecular weight excluding hydrogens is 212 g/mol. The summed E-state index contributed by atoms with van der Waals surface area (Å²) in [7, 11) is 2.03. The zero-order valence-electron chi connectivity index (χ0n) is 9.94. The highest BCUT2D eigenvalue weighted by Crippen LogP contribution is 2.32. The molecule has 0 saturated heterocycles. The molecule has 0 aliphatic carbocycles. The SMILES string of the molecule is CCc1nc2cc(O)c3ccccc3c2n1C. The summed E-state index contributed by atoms with van der Waals surface area (Å²) in [6.45, 7) is 2.09. The highest BCUT2D eigenvalue weighted by atomic mass is 16.3. The number of nitrogens with zero attached hydrogens (tertiary/aromatic N) is 2. The Hall–Kier alpha value is -2.03. The van der Waals surface area contributed by atoms with Gasteiger partial charge >= 0.3 is 0 Å².